The number of ether oxygens (including phenoxy) is 1. The molecule has 0 aliphatic carbocycles. The molecule has 0 aliphatic heterocycles. The van der Waals surface area contributed by atoms with Crippen molar-refractivity contribution in [2.24, 2.45) is 0 Å². The Morgan fingerprint density at radius 2 is 2.06 bits per heavy atom. The van der Waals surface area contributed by atoms with Crippen LogP contribution in [0.25, 0.3) is 0 Å². The van der Waals surface area contributed by atoms with E-state index < -0.39 is 12.2 Å². The molecule has 0 saturated carbocycles. The predicted molar refractivity (Wildman–Crippen MR) is 67.3 cm³/mol. The van der Waals surface area contributed by atoms with Crippen molar-refractivity contribution >= 4 is 15.9 Å². The van der Waals surface area contributed by atoms with Gasteiger partial charge in [0.15, 0.2) is 11.5 Å². The number of hydrogen-bond acceptors (Lipinski definition) is 5. The first-order valence-corrected chi connectivity index (χ1v) is 5.87. The number of nitrogens with one attached hydrogen (secondary N) is 1. The molecule has 1 aromatic rings. The molecule has 0 spiro atoms. The van der Waals surface area contributed by atoms with Crippen molar-refractivity contribution in [2.45, 2.75) is 12.2 Å². The average Bonchev–Trinajstić information content (AvgIpc) is 2.31. The van der Waals surface area contributed by atoms with E-state index in [1.807, 2.05) is 0 Å². The van der Waals surface area contributed by atoms with E-state index in [1.165, 1.54) is 13.2 Å². The molecule has 2 unspecified atom stereocenters. The van der Waals surface area contributed by atoms with E-state index in [4.69, 9.17) is 4.74 Å². The lowest BCUT2D eigenvalue weighted by Gasteiger charge is -2.19. The number of aliphatic hydroxyl groups excluding tert-OH is 2. The van der Waals surface area contributed by atoms with Crippen LogP contribution >= 0.6 is 15.9 Å². The van der Waals surface area contributed by atoms with E-state index in [2.05, 4.69) is 21.2 Å². The second kappa shape index (κ2) is 6.20. The largest absolute Gasteiger partial charge is 0.503 e. The zero-order chi connectivity index (χ0) is 13.0. The van der Waals surface area contributed by atoms with Gasteiger partial charge >= 0.3 is 0 Å². The monoisotopic (exact) mass is 305 g/mol. The summed E-state index contributed by atoms with van der Waals surface area (Å²) in [7, 11) is 3.10. The second-order valence-electron chi connectivity index (χ2n) is 3.62. The molecule has 0 fully saturated rings. The number of phenols is 1. The van der Waals surface area contributed by atoms with Gasteiger partial charge in [0.05, 0.1) is 17.7 Å². The van der Waals surface area contributed by atoms with E-state index in [-0.39, 0.29) is 18.0 Å². The van der Waals surface area contributed by atoms with Crippen LogP contribution in [0.5, 0.6) is 11.5 Å². The standard InChI is InChI=1S/C11H16BrNO4/c1-13-5-8(14)10(15)6-3-7(12)11(16)9(4-6)17-2/h3-4,8,10,13-16H,5H2,1-2H3. The van der Waals surface area contributed by atoms with Crippen LogP contribution in [0.4, 0.5) is 0 Å². The Hall–Kier alpha value is -0.820. The molecule has 17 heavy (non-hydrogen) atoms. The predicted octanol–water partition coefficient (Wildman–Crippen LogP) is 0.777. The molecule has 0 heterocycles. The molecular weight excluding hydrogens is 290 g/mol. The quantitative estimate of drug-likeness (QED) is 0.646. The fraction of sp³-hybridized carbons (Fsp3) is 0.455. The first kappa shape index (κ1) is 14.2. The third kappa shape index (κ3) is 3.32. The van der Waals surface area contributed by atoms with Gasteiger partial charge in [-0.2, -0.15) is 0 Å². The van der Waals surface area contributed by atoms with E-state index in [9.17, 15) is 15.3 Å². The highest BCUT2D eigenvalue weighted by molar-refractivity contribution is 9.10. The molecule has 0 amide bonds. The number of benzene rings is 1. The summed E-state index contributed by atoms with van der Waals surface area (Å²) >= 11 is 3.16. The van der Waals surface area contributed by atoms with Crippen molar-refractivity contribution in [3.63, 3.8) is 0 Å². The van der Waals surface area contributed by atoms with Crippen LogP contribution < -0.4 is 10.1 Å². The van der Waals surface area contributed by atoms with Gasteiger partial charge in [0.1, 0.15) is 6.10 Å². The molecule has 0 saturated heterocycles. The molecule has 0 aromatic heterocycles. The smallest absolute Gasteiger partial charge is 0.172 e. The lowest BCUT2D eigenvalue weighted by molar-refractivity contribution is 0.0200. The number of rotatable bonds is 5. The maximum atomic E-state index is 9.91. The van der Waals surface area contributed by atoms with E-state index in [1.54, 1.807) is 13.1 Å². The van der Waals surface area contributed by atoms with Crippen LogP contribution in [0.1, 0.15) is 11.7 Å². The molecule has 5 nitrogen and oxygen atoms in total. The Balaban J connectivity index is 3.02. The topological polar surface area (TPSA) is 82.0 Å². The summed E-state index contributed by atoms with van der Waals surface area (Å²) in [6, 6.07) is 3.03. The maximum absolute atomic E-state index is 9.91. The summed E-state index contributed by atoms with van der Waals surface area (Å²) in [6.45, 7) is 0.266. The summed E-state index contributed by atoms with van der Waals surface area (Å²) in [5, 5.41) is 32.0. The zero-order valence-electron chi connectivity index (χ0n) is 9.64. The summed E-state index contributed by atoms with van der Waals surface area (Å²) in [6.07, 6.45) is -1.98. The average molecular weight is 306 g/mol. The van der Waals surface area contributed by atoms with Crippen molar-refractivity contribution in [2.75, 3.05) is 20.7 Å². The van der Waals surface area contributed by atoms with E-state index >= 15 is 0 Å². The van der Waals surface area contributed by atoms with Crippen LogP contribution in [0.15, 0.2) is 16.6 Å². The molecule has 0 radical (unpaired) electrons. The fourth-order valence-electron chi connectivity index (χ4n) is 1.46. The van der Waals surface area contributed by atoms with Gasteiger partial charge in [-0.25, -0.2) is 0 Å². The number of aromatic hydroxyl groups is 1. The fourth-order valence-corrected chi connectivity index (χ4v) is 1.92. The van der Waals surface area contributed by atoms with Crippen molar-refractivity contribution in [3.05, 3.63) is 22.2 Å². The van der Waals surface area contributed by atoms with E-state index in [0.29, 0.717) is 10.0 Å². The van der Waals surface area contributed by atoms with Crippen LogP contribution in [0, 0.1) is 0 Å². The Kier molecular flexibility index (Phi) is 5.20. The summed E-state index contributed by atoms with van der Waals surface area (Å²) in [5.41, 5.74) is 0.467. The summed E-state index contributed by atoms with van der Waals surface area (Å²) in [5.74, 6) is 0.205. The lowest BCUT2D eigenvalue weighted by Crippen LogP contribution is -2.29. The number of aliphatic hydroxyl groups is 2. The molecule has 1 aromatic carbocycles. The minimum atomic E-state index is -1.05. The zero-order valence-corrected chi connectivity index (χ0v) is 11.2. The molecular formula is C11H16BrNO4. The van der Waals surface area contributed by atoms with E-state index in [0.717, 1.165) is 0 Å². The van der Waals surface area contributed by atoms with Crippen molar-refractivity contribution in [1.29, 1.82) is 0 Å². The third-order valence-electron chi connectivity index (χ3n) is 2.39. The van der Waals surface area contributed by atoms with Gasteiger partial charge in [0.2, 0.25) is 0 Å². The van der Waals surface area contributed by atoms with Crippen molar-refractivity contribution in [1.82, 2.24) is 5.32 Å². The normalized spacial score (nSPS) is 14.4. The van der Waals surface area contributed by atoms with Gasteiger partial charge in [-0.05, 0) is 40.7 Å². The number of halogens is 1. The van der Waals surface area contributed by atoms with Crippen molar-refractivity contribution < 1.29 is 20.1 Å². The minimum Gasteiger partial charge on any atom is -0.503 e. The minimum absolute atomic E-state index is 0.0356. The summed E-state index contributed by atoms with van der Waals surface area (Å²) < 4.78 is 5.37. The van der Waals surface area contributed by atoms with Gasteiger partial charge in [0, 0.05) is 6.54 Å². The first-order chi connectivity index (χ1) is 8.01. The van der Waals surface area contributed by atoms with Crippen molar-refractivity contribution in [3.8, 4) is 11.5 Å². The lowest BCUT2D eigenvalue weighted by atomic mass is 10.0. The highest BCUT2D eigenvalue weighted by Crippen LogP contribution is 2.37. The van der Waals surface area contributed by atoms with Crippen LogP contribution in [-0.4, -0.2) is 42.1 Å². The van der Waals surface area contributed by atoms with Gasteiger partial charge in [-0.15, -0.1) is 0 Å². The Morgan fingerprint density at radius 3 is 2.59 bits per heavy atom. The molecule has 2 atom stereocenters. The number of likely N-dealkylation sites (N-methyl/N-ethyl adjacent to an activating group) is 1. The third-order valence-corrected chi connectivity index (χ3v) is 2.99. The second-order valence-corrected chi connectivity index (χ2v) is 4.48. The van der Waals surface area contributed by atoms with Gasteiger partial charge in [-0.1, -0.05) is 0 Å². The first-order valence-electron chi connectivity index (χ1n) is 5.08. The number of methoxy groups -OCH3 is 1. The SMILES string of the molecule is CNCC(O)C(O)c1cc(Br)c(O)c(OC)c1. The molecule has 0 bridgehead atoms. The van der Waals surface area contributed by atoms with Gasteiger partial charge in [-0.3, -0.25) is 0 Å². The highest BCUT2D eigenvalue weighted by Gasteiger charge is 2.20. The van der Waals surface area contributed by atoms with Crippen LogP contribution in [0.3, 0.4) is 0 Å². The van der Waals surface area contributed by atoms with Gasteiger partial charge in [0.25, 0.3) is 0 Å². The Bertz CT molecular complexity index is 386. The highest BCUT2D eigenvalue weighted by atomic mass is 79.9. The molecule has 1 rings (SSSR count). The Labute approximate surface area is 108 Å². The molecule has 6 heteroatoms. The maximum Gasteiger partial charge on any atom is 0.172 e. The molecule has 96 valence electrons. The Morgan fingerprint density at radius 1 is 1.41 bits per heavy atom. The molecule has 4 N–H and O–H groups in total. The number of phenolic OH excluding ortho intramolecular Hbond substituents is 1. The summed E-state index contributed by atoms with van der Waals surface area (Å²) in [4.78, 5) is 0. The van der Waals surface area contributed by atoms with Gasteiger partial charge < -0.3 is 25.4 Å². The van der Waals surface area contributed by atoms with Crippen LogP contribution in [-0.2, 0) is 0 Å². The number of hydrogen-bond donors (Lipinski definition) is 4. The van der Waals surface area contributed by atoms with Crippen LogP contribution in [0.2, 0.25) is 0 Å². The molecule has 0 aliphatic rings.